The summed E-state index contributed by atoms with van der Waals surface area (Å²) in [6, 6.07) is 0. The lowest BCUT2D eigenvalue weighted by Gasteiger charge is -2.41. The molecule has 0 bridgehead atoms. The van der Waals surface area contributed by atoms with E-state index in [1.165, 1.54) is 173 Å². The zero-order valence-corrected chi connectivity index (χ0v) is 45.4. The van der Waals surface area contributed by atoms with Crippen LogP contribution >= 0.6 is 0 Å². The monoisotopic (exact) mass is 1010 g/mol. The van der Waals surface area contributed by atoms with Crippen molar-refractivity contribution in [1.29, 1.82) is 0 Å². The van der Waals surface area contributed by atoms with Crippen molar-refractivity contribution < 1.29 is 56.2 Å². The molecule has 0 amide bonds. The van der Waals surface area contributed by atoms with Gasteiger partial charge in [-0.25, -0.2) is 4.18 Å². The maximum Gasteiger partial charge on any atom is 0.397 e. The molecule has 4 N–H and O–H groups in total. The highest BCUT2D eigenvalue weighted by Gasteiger charge is 2.48. The molecule has 0 aromatic carbocycles. The Hall–Kier alpha value is -1.68. The summed E-state index contributed by atoms with van der Waals surface area (Å²) in [5.74, 6) is -0.402. The maximum absolute atomic E-state index is 13.0. The van der Waals surface area contributed by atoms with E-state index in [9.17, 15) is 33.1 Å². The Balaban J connectivity index is 2.31. The van der Waals surface area contributed by atoms with Crippen LogP contribution in [0.2, 0.25) is 0 Å². The fourth-order valence-corrected chi connectivity index (χ4v) is 9.43. The van der Waals surface area contributed by atoms with Crippen LogP contribution in [-0.4, -0.2) is 97.5 Å². The Kier molecular flexibility index (Phi) is 45.7. The molecule has 1 saturated heterocycles. The molecular formula is C57H106O12S. The Morgan fingerprint density at radius 3 is 1.37 bits per heavy atom. The second-order valence-corrected chi connectivity index (χ2v) is 20.9. The molecule has 6 unspecified atom stereocenters. The molecule has 412 valence electrons. The van der Waals surface area contributed by atoms with Gasteiger partial charge in [-0.2, -0.15) is 8.42 Å². The molecule has 13 heteroatoms. The molecule has 1 aliphatic heterocycles. The van der Waals surface area contributed by atoms with Gasteiger partial charge >= 0.3 is 16.4 Å². The van der Waals surface area contributed by atoms with E-state index < -0.39 is 59.8 Å². The summed E-state index contributed by atoms with van der Waals surface area (Å²) in [4.78, 5) is 13.0. The van der Waals surface area contributed by atoms with Gasteiger partial charge in [-0.3, -0.25) is 9.35 Å². The third-order valence-electron chi connectivity index (χ3n) is 13.3. The largest absolute Gasteiger partial charge is 0.457 e. The summed E-state index contributed by atoms with van der Waals surface area (Å²) >= 11 is 0. The first-order valence-corrected chi connectivity index (χ1v) is 30.1. The van der Waals surface area contributed by atoms with Crippen molar-refractivity contribution in [3.63, 3.8) is 0 Å². The van der Waals surface area contributed by atoms with Crippen LogP contribution in [0.1, 0.15) is 258 Å². The minimum atomic E-state index is -5.07. The summed E-state index contributed by atoms with van der Waals surface area (Å²) in [5, 5.41) is 30.8. The van der Waals surface area contributed by atoms with Crippen LogP contribution in [0.3, 0.4) is 0 Å². The van der Waals surface area contributed by atoms with Gasteiger partial charge in [0.05, 0.1) is 19.8 Å². The lowest BCUT2D eigenvalue weighted by Crippen LogP contribution is -2.60. The van der Waals surface area contributed by atoms with Gasteiger partial charge in [0.25, 0.3) is 0 Å². The van der Waals surface area contributed by atoms with Crippen molar-refractivity contribution in [3.05, 3.63) is 36.5 Å². The van der Waals surface area contributed by atoms with Crippen molar-refractivity contribution in [1.82, 2.24) is 0 Å². The molecular weight excluding hydrogens is 909 g/mol. The number of carbonyl (C=O) groups is 1. The van der Waals surface area contributed by atoms with Gasteiger partial charge in [-0.05, 0) is 51.4 Å². The molecule has 1 aliphatic rings. The number of aliphatic hydroxyl groups excluding tert-OH is 3. The predicted octanol–water partition coefficient (Wildman–Crippen LogP) is 14.1. The maximum atomic E-state index is 13.0. The average molecular weight is 1020 g/mol. The van der Waals surface area contributed by atoms with E-state index >= 15 is 0 Å². The fourth-order valence-electron chi connectivity index (χ4n) is 8.92. The Morgan fingerprint density at radius 1 is 0.543 bits per heavy atom. The number of aliphatic hydroxyl groups is 3. The van der Waals surface area contributed by atoms with E-state index in [1.54, 1.807) is 0 Å². The van der Waals surface area contributed by atoms with E-state index in [2.05, 4.69) is 54.5 Å². The van der Waals surface area contributed by atoms with Crippen molar-refractivity contribution in [2.75, 3.05) is 26.4 Å². The Bertz CT molecular complexity index is 1360. The van der Waals surface area contributed by atoms with E-state index in [4.69, 9.17) is 18.9 Å². The molecule has 0 radical (unpaired) electrons. The van der Waals surface area contributed by atoms with Crippen molar-refractivity contribution in [2.45, 2.75) is 295 Å². The van der Waals surface area contributed by atoms with Gasteiger partial charge in [0.2, 0.25) is 0 Å². The molecule has 70 heavy (non-hydrogen) atoms. The quantitative estimate of drug-likeness (QED) is 0.0196. The minimum absolute atomic E-state index is 0.0364. The van der Waals surface area contributed by atoms with Crippen LogP contribution in [0.4, 0.5) is 0 Å². The number of ether oxygens (including phenoxy) is 4. The first-order chi connectivity index (χ1) is 34.1. The zero-order valence-electron chi connectivity index (χ0n) is 44.6. The molecule has 0 saturated carbocycles. The number of allylic oxidation sites excluding steroid dienone is 6. The van der Waals surface area contributed by atoms with Crippen LogP contribution < -0.4 is 0 Å². The second-order valence-electron chi connectivity index (χ2n) is 19.9. The fraction of sp³-hybridized carbons (Fsp3) is 0.877. The highest BCUT2D eigenvalue weighted by atomic mass is 32.3. The second kappa shape index (κ2) is 48.3. The van der Waals surface area contributed by atoms with Crippen molar-refractivity contribution in [3.8, 4) is 0 Å². The SMILES string of the molecule is CCCCCCC/C=C\C/C=C\C/C=C\CCCCCCCCCCC(=O)OC(COCCCCCCCCCCCCCCCCCCCCCC)COC1OC(CO)C(O)C(OS(=O)(=O)O)C1O. The number of esters is 1. The van der Waals surface area contributed by atoms with E-state index in [0.29, 0.717) is 13.0 Å². The molecule has 0 aromatic heterocycles. The molecule has 1 heterocycles. The lowest BCUT2D eigenvalue weighted by molar-refractivity contribution is -0.301. The predicted molar refractivity (Wildman–Crippen MR) is 285 cm³/mol. The van der Waals surface area contributed by atoms with Crippen LogP contribution in [0.5, 0.6) is 0 Å². The van der Waals surface area contributed by atoms with Gasteiger partial charge in [-0.15, -0.1) is 0 Å². The zero-order chi connectivity index (χ0) is 51.0. The molecule has 1 rings (SSSR count). The first-order valence-electron chi connectivity index (χ1n) is 28.7. The smallest absolute Gasteiger partial charge is 0.397 e. The topological polar surface area (TPSA) is 178 Å². The summed E-state index contributed by atoms with van der Waals surface area (Å²) in [6.45, 7) is 4.02. The average Bonchev–Trinajstić information content (AvgIpc) is 3.34. The molecule has 6 atom stereocenters. The normalized spacial score (nSPS) is 19.3. The third-order valence-corrected chi connectivity index (χ3v) is 13.7. The lowest BCUT2D eigenvalue weighted by atomic mass is 9.99. The van der Waals surface area contributed by atoms with Gasteiger partial charge in [0, 0.05) is 13.0 Å². The number of rotatable bonds is 51. The summed E-state index contributed by atoms with van der Waals surface area (Å²) in [5.41, 5.74) is 0. The first kappa shape index (κ1) is 66.3. The van der Waals surface area contributed by atoms with E-state index in [0.717, 1.165) is 57.8 Å². The highest BCUT2D eigenvalue weighted by Crippen LogP contribution is 2.26. The van der Waals surface area contributed by atoms with Crippen molar-refractivity contribution >= 4 is 16.4 Å². The Labute approximate surface area is 428 Å². The summed E-state index contributed by atoms with van der Waals surface area (Å²) < 4.78 is 59.4. The molecule has 0 spiro atoms. The van der Waals surface area contributed by atoms with Gasteiger partial charge in [-0.1, -0.05) is 237 Å². The minimum Gasteiger partial charge on any atom is -0.457 e. The van der Waals surface area contributed by atoms with Crippen molar-refractivity contribution in [2.24, 2.45) is 0 Å². The summed E-state index contributed by atoms with van der Waals surface area (Å²) in [7, 11) is -5.07. The van der Waals surface area contributed by atoms with E-state index in [1.807, 2.05) is 0 Å². The van der Waals surface area contributed by atoms with Gasteiger partial charge in [0.1, 0.15) is 30.5 Å². The third kappa shape index (κ3) is 40.8. The summed E-state index contributed by atoms with van der Waals surface area (Å²) in [6.07, 6.45) is 50.3. The van der Waals surface area contributed by atoms with Gasteiger partial charge < -0.3 is 34.3 Å². The molecule has 12 nitrogen and oxygen atoms in total. The number of hydrogen-bond donors (Lipinski definition) is 4. The van der Waals surface area contributed by atoms with E-state index in [-0.39, 0.29) is 19.6 Å². The molecule has 1 fully saturated rings. The van der Waals surface area contributed by atoms with Gasteiger partial charge in [0.15, 0.2) is 6.29 Å². The van der Waals surface area contributed by atoms with Crippen LogP contribution in [0.15, 0.2) is 36.5 Å². The molecule has 0 aromatic rings. The molecule has 0 aliphatic carbocycles. The number of hydrogen-bond acceptors (Lipinski definition) is 11. The Morgan fingerprint density at radius 2 is 0.943 bits per heavy atom. The number of carbonyl (C=O) groups excluding carboxylic acids is 1. The standard InChI is InChI=1S/C57H106O12S/c1-3-5-7-9-11-13-15-17-19-21-23-25-26-27-28-30-32-34-36-38-40-42-44-46-53(59)67-51(50-66-57-55(61)56(69-70(62,63)64)54(60)52(48-58)68-57)49-65-47-45-43-41-39-37-35-33-31-29-24-22-20-18-16-14-12-10-8-6-4-2/h15,17,21,23,26-27,51-52,54-58,60-61H,3-14,16,18-20,22,24-25,28-50H2,1-2H3,(H,62,63,64)/b17-15-,23-21-,27-26-. The van der Waals surface area contributed by atoms with Crippen LogP contribution in [-0.2, 0) is 38.3 Å². The van der Waals surface area contributed by atoms with Crippen LogP contribution in [0, 0.1) is 0 Å². The number of unbranched alkanes of at least 4 members (excludes halogenated alkanes) is 32. The highest BCUT2D eigenvalue weighted by molar-refractivity contribution is 7.80. The van der Waals surface area contributed by atoms with Crippen LogP contribution in [0.25, 0.3) is 0 Å².